The predicted octanol–water partition coefficient (Wildman–Crippen LogP) is -4.52. The molecule has 0 aromatic carbocycles. The molecule has 2 aromatic heterocycles. The van der Waals surface area contributed by atoms with E-state index in [1.165, 1.54) is 0 Å². The summed E-state index contributed by atoms with van der Waals surface area (Å²) in [7, 11) is 0. The number of rotatable bonds is 3. The molecule has 0 aliphatic rings. The molecular weight excluding hydrogens is 296 g/mol. The first-order valence-electron chi connectivity index (χ1n) is 6.06. The number of aromatic nitrogens is 4. The van der Waals surface area contributed by atoms with Crippen molar-refractivity contribution < 1.29 is 40.0 Å². The number of hydrogen-bond donors (Lipinski definition) is 4. The molecule has 0 aliphatic carbocycles. The number of imidazole rings is 2. The van der Waals surface area contributed by atoms with E-state index in [1.54, 1.807) is 0 Å². The molecule has 0 unspecified atom stereocenters. The van der Waals surface area contributed by atoms with Crippen molar-refractivity contribution in [2.24, 2.45) is 0 Å². The Labute approximate surface area is 125 Å². The number of nitrogens with one attached hydrogen (secondary N) is 4. The van der Waals surface area contributed by atoms with E-state index in [0.29, 0.717) is 0 Å². The lowest BCUT2D eigenvalue weighted by Gasteiger charge is -2.18. The van der Waals surface area contributed by atoms with Gasteiger partial charge in [0.1, 0.15) is 37.0 Å². The Bertz CT molecular complexity index is 490. The summed E-state index contributed by atoms with van der Waals surface area (Å²) < 4.78 is 0. The van der Waals surface area contributed by atoms with Gasteiger partial charge in [-0.1, -0.05) is 0 Å². The second-order valence-electron chi connectivity index (χ2n) is 4.02. The number of carboxylic acids is 2. The van der Waals surface area contributed by atoms with E-state index >= 15 is 0 Å². The van der Waals surface area contributed by atoms with Gasteiger partial charge in [0.15, 0.2) is 0 Å². The number of aliphatic hydroxyl groups is 2. The van der Waals surface area contributed by atoms with Crippen molar-refractivity contribution in [2.75, 3.05) is 0 Å². The first kappa shape index (κ1) is 19.3. The van der Waals surface area contributed by atoms with E-state index in [1.807, 2.05) is 38.6 Å². The van der Waals surface area contributed by atoms with Crippen molar-refractivity contribution in [3.63, 3.8) is 0 Å². The highest BCUT2D eigenvalue weighted by Crippen LogP contribution is 1.89. The lowest BCUT2D eigenvalue weighted by Crippen LogP contribution is -2.51. The topological polar surface area (TPSA) is 181 Å². The van der Waals surface area contributed by atoms with Gasteiger partial charge < -0.3 is 30.0 Å². The maximum absolute atomic E-state index is 9.63. The molecule has 0 amide bonds. The van der Waals surface area contributed by atoms with Gasteiger partial charge in [0.2, 0.25) is 11.6 Å². The average Bonchev–Trinajstić information content (AvgIpc) is 3.11. The number of aryl methyl sites for hydroxylation is 2. The van der Waals surface area contributed by atoms with Crippen LogP contribution in [-0.2, 0) is 9.59 Å². The van der Waals surface area contributed by atoms with Crippen LogP contribution in [0.3, 0.4) is 0 Å². The zero-order chi connectivity index (χ0) is 17.1. The lowest BCUT2D eigenvalue weighted by molar-refractivity contribution is -0.385. The molecule has 10 heteroatoms. The Kier molecular flexibility index (Phi) is 8.83. The molecule has 0 fully saturated rings. The van der Waals surface area contributed by atoms with E-state index in [0.717, 1.165) is 11.6 Å². The number of aliphatic hydroxyl groups excluding tert-OH is 2. The molecule has 0 radical (unpaired) electrons. The van der Waals surface area contributed by atoms with Gasteiger partial charge in [0.05, 0.1) is 11.9 Å². The standard InChI is InChI=1S/2C4H6N2.C4H6O6/c2*1-4-5-2-3-6-4;5-1(3(7)8)2(6)4(9)10/h2*2-3H,1H3,(H,5,6);1-2,5-6H,(H,7,8)(H,9,10)/t;;1-,2-/m..0/s1. The molecule has 0 aliphatic heterocycles. The van der Waals surface area contributed by atoms with Crippen LogP contribution in [0, 0.1) is 13.8 Å². The van der Waals surface area contributed by atoms with Gasteiger partial charge in [-0.15, -0.1) is 0 Å². The zero-order valence-corrected chi connectivity index (χ0v) is 12.0. The van der Waals surface area contributed by atoms with Crippen molar-refractivity contribution in [1.82, 2.24) is 9.97 Å². The van der Waals surface area contributed by atoms with Crippen LogP contribution < -0.4 is 20.2 Å². The van der Waals surface area contributed by atoms with E-state index in [9.17, 15) is 19.8 Å². The highest BCUT2D eigenvalue weighted by molar-refractivity contribution is 5.80. The fourth-order valence-corrected chi connectivity index (χ4v) is 1.01. The summed E-state index contributed by atoms with van der Waals surface area (Å²) in [5, 5.41) is 35.7. The molecule has 2 heterocycles. The van der Waals surface area contributed by atoms with Crippen LogP contribution in [0.1, 0.15) is 11.6 Å². The molecule has 6 N–H and O–H groups in total. The van der Waals surface area contributed by atoms with Crippen LogP contribution in [0.2, 0.25) is 0 Å². The summed E-state index contributed by atoms with van der Waals surface area (Å²) in [4.78, 5) is 31.0. The molecule has 2 atom stereocenters. The number of H-pyrrole nitrogens is 4. The third-order valence-corrected chi connectivity index (χ3v) is 2.15. The minimum absolute atomic E-state index is 1.09. The number of carbonyl (C=O) groups excluding carboxylic acids is 2. The van der Waals surface area contributed by atoms with Crippen LogP contribution in [0.15, 0.2) is 24.8 Å². The quantitative estimate of drug-likeness (QED) is 0.442. The third-order valence-electron chi connectivity index (χ3n) is 2.15. The Morgan fingerprint density at radius 1 is 0.955 bits per heavy atom. The van der Waals surface area contributed by atoms with Crippen LogP contribution in [0.4, 0.5) is 0 Å². The first-order chi connectivity index (χ1) is 10.3. The van der Waals surface area contributed by atoms with Crippen molar-refractivity contribution in [1.29, 1.82) is 0 Å². The predicted molar refractivity (Wildman–Crippen MR) is 66.2 cm³/mol. The monoisotopic (exact) mass is 314 g/mol. The third kappa shape index (κ3) is 8.45. The number of carboxylic acid groups (broad SMARTS) is 2. The zero-order valence-electron chi connectivity index (χ0n) is 12.0. The average molecular weight is 314 g/mol. The Morgan fingerprint density at radius 3 is 1.36 bits per heavy atom. The number of hydrogen-bond acceptors (Lipinski definition) is 6. The summed E-state index contributed by atoms with van der Waals surface area (Å²) in [5.41, 5.74) is 0. The Hall–Kier alpha value is -2.72. The molecule has 0 saturated carbocycles. The molecular formula is C12H18N4O6. The summed E-state index contributed by atoms with van der Waals surface area (Å²) in [6.07, 6.45) is 2.55. The van der Waals surface area contributed by atoms with Gasteiger partial charge in [-0.2, -0.15) is 0 Å². The first-order valence-corrected chi connectivity index (χ1v) is 6.06. The van der Waals surface area contributed by atoms with Gasteiger partial charge in [-0.25, -0.2) is 19.9 Å². The Morgan fingerprint density at radius 2 is 1.27 bits per heavy atom. The Balaban J connectivity index is 0.000000315. The lowest BCUT2D eigenvalue weighted by atomic mass is 10.2. The van der Waals surface area contributed by atoms with Gasteiger partial charge >= 0.3 is 0 Å². The van der Waals surface area contributed by atoms with Gasteiger partial charge in [0, 0.05) is 13.8 Å². The van der Waals surface area contributed by atoms with Gasteiger partial charge in [0.25, 0.3) is 0 Å². The fourth-order valence-electron chi connectivity index (χ4n) is 1.01. The van der Waals surface area contributed by atoms with Crippen molar-refractivity contribution in [2.45, 2.75) is 26.1 Å². The molecule has 22 heavy (non-hydrogen) atoms. The second-order valence-corrected chi connectivity index (χ2v) is 4.02. The summed E-state index contributed by atoms with van der Waals surface area (Å²) in [6, 6.07) is 0. The minimum Gasteiger partial charge on any atom is -0.547 e. The largest absolute Gasteiger partial charge is 0.547 e. The molecule has 0 spiro atoms. The van der Waals surface area contributed by atoms with Crippen molar-refractivity contribution in [3.8, 4) is 0 Å². The van der Waals surface area contributed by atoms with E-state index in [4.69, 9.17) is 10.2 Å². The minimum atomic E-state index is -2.44. The van der Waals surface area contributed by atoms with E-state index in [2.05, 4.69) is 19.9 Å². The van der Waals surface area contributed by atoms with Gasteiger partial charge in [-0.05, 0) is 0 Å². The van der Waals surface area contributed by atoms with Crippen LogP contribution in [0.25, 0.3) is 0 Å². The molecule has 0 saturated heterocycles. The number of carbonyl (C=O) groups is 2. The molecule has 122 valence electrons. The van der Waals surface area contributed by atoms with Crippen molar-refractivity contribution >= 4 is 11.9 Å². The maximum atomic E-state index is 9.63. The molecule has 2 rings (SSSR count). The molecule has 0 bridgehead atoms. The summed E-state index contributed by atoms with van der Waals surface area (Å²) >= 11 is 0. The highest BCUT2D eigenvalue weighted by Gasteiger charge is 2.17. The summed E-state index contributed by atoms with van der Waals surface area (Å²) in [5.74, 6) is -1.93. The molecule has 10 nitrogen and oxygen atoms in total. The van der Waals surface area contributed by atoms with Crippen molar-refractivity contribution in [3.05, 3.63) is 36.4 Å². The second kappa shape index (κ2) is 10.1. The SMILES string of the molecule is Cc1[nH]cc[nH+]1.Cc1[nH]cc[nH+]1.O=C([O-])[C@@H](O)[C@H](O)C(=O)[O-]. The normalized spacial score (nSPS) is 12.0. The summed E-state index contributed by atoms with van der Waals surface area (Å²) in [6.45, 7) is 3.94. The number of aliphatic carboxylic acids is 2. The van der Waals surface area contributed by atoms with Gasteiger partial charge in [-0.3, -0.25) is 0 Å². The maximum Gasteiger partial charge on any atom is 0.248 e. The van der Waals surface area contributed by atoms with E-state index in [-0.39, 0.29) is 0 Å². The highest BCUT2D eigenvalue weighted by atomic mass is 16.4. The smallest absolute Gasteiger partial charge is 0.248 e. The number of aromatic amines is 4. The van der Waals surface area contributed by atoms with Crippen LogP contribution in [-0.4, -0.2) is 44.3 Å². The fraction of sp³-hybridized carbons (Fsp3) is 0.333. The van der Waals surface area contributed by atoms with Crippen LogP contribution >= 0.6 is 0 Å². The molecule has 2 aromatic rings. The van der Waals surface area contributed by atoms with E-state index < -0.39 is 24.1 Å². The van der Waals surface area contributed by atoms with Crippen LogP contribution in [0.5, 0.6) is 0 Å².